The number of rotatable bonds is 5. The molecule has 3 rings (SSSR count). The molecule has 1 aliphatic rings. The monoisotopic (exact) mass is 414 g/mol. The van der Waals surface area contributed by atoms with Gasteiger partial charge in [0.15, 0.2) is 0 Å². The van der Waals surface area contributed by atoms with Gasteiger partial charge in [-0.25, -0.2) is 21.2 Å². The summed E-state index contributed by atoms with van der Waals surface area (Å²) in [6.07, 6.45) is 0. The quantitative estimate of drug-likeness (QED) is 0.807. The molecular formula is C17H19FN2O5S2. The minimum absolute atomic E-state index is 0.00438. The third-order valence-electron chi connectivity index (χ3n) is 4.17. The van der Waals surface area contributed by atoms with Crippen LogP contribution in [0.2, 0.25) is 0 Å². The van der Waals surface area contributed by atoms with E-state index in [0.717, 1.165) is 6.07 Å². The number of hydrogen-bond acceptors (Lipinski definition) is 5. The van der Waals surface area contributed by atoms with Crippen LogP contribution in [0.1, 0.15) is 5.56 Å². The highest BCUT2D eigenvalue weighted by molar-refractivity contribution is 7.92. The second kappa shape index (κ2) is 7.55. The lowest BCUT2D eigenvalue weighted by Gasteiger charge is -2.26. The number of anilines is 1. The molecule has 0 atom stereocenters. The predicted octanol–water partition coefficient (Wildman–Crippen LogP) is 1.96. The van der Waals surface area contributed by atoms with Gasteiger partial charge in [-0.3, -0.25) is 4.72 Å². The van der Waals surface area contributed by atoms with E-state index in [1.165, 1.54) is 40.7 Å². The van der Waals surface area contributed by atoms with Gasteiger partial charge in [0.2, 0.25) is 10.0 Å². The van der Waals surface area contributed by atoms with E-state index in [1.54, 1.807) is 6.92 Å². The fourth-order valence-corrected chi connectivity index (χ4v) is 5.05. The van der Waals surface area contributed by atoms with Crippen LogP contribution in [0.3, 0.4) is 0 Å². The number of nitrogens with zero attached hydrogens (tertiary/aromatic N) is 1. The molecule has 1 fully saturated rings. The summed E-state index contributed by atoms with van der Waals surface area (Å²) in [5.74, 6) is -0.526. The molecule has 10 heteroatoms. The number of sulfonamides is 2. The topological polar surface area (TPSA) is 92.8 Å². The van der Waals surface area contributed by atoms with Gasteiger partial charge in [0.05, 0.1) is 28.7 Å². The van der Waals surface area contributed by atoms with Crippen molar-refractivity contribution in [3.63, 3.8) is 0 Å². The standard InChI is InChI=1S/C17H19FN2O5S2/c1-13-2-3-14(12-17(13)18)19-26(21,22)15-4-6-16(7-5-15)27(23,24)20-8-10-25-11-9-20/h2-7,12,19H,8-11H2,1H3. The molecule has 146 valence electrons. The summed E-state index contributed by atoms with van der Waals surface area (Å²) < 4.78 is 72.4. The zero-order valence-corrected chi connectivity index (χ0v) is 16.2. The summed E-state index contributed by atoms with van der Waals surface area (Å²) in [6, 6.07) is 8.91. The van der Waals surface area contributed by atoms with Crippen molar-refractivity contribution < 1.29 is 26.0 Å². The van der Waals surface area contributed by atoms with E-state index in [0.29, 0.717) is 18.8 Å². The number of nitrogens with one attached hydrogen (secondary N) is 1. The molecule has 27 heavy (non-hydrogen) atoms. The van der Waals surface area contributed by atoms with Crippen molar-refractivity contribution in [2.45, 2.75) is 16.7 Å². The molecule has 0 unspecified atom stereocenters. The minimum atomic E-state index is -3.98. The number of morpholine rings is 1. The van der Waals surface area contributed by atoms with E-state index in [2.05, 4.69) is 4.72 Å². The molecule has 7 nitrogen and oxygen atoms in total. The Labute approximate surface area is 157 Å². The fourth-order valence-electron chi connectivity index (χ4n) is 2.60. The Morgan fingerprint density at radius 3 is 2.15 bits per heavy atom. The minimum Gasteiger partial charge on any atom is -0.379 e. The second-order valence-corrected chi connectivity index (χ2v) is 9.68. The van der Waals surface area contributed by atoms with Gasteiger partial charge in [-0.2, -0.15) is 4.31 Å². The van der Waals surface area contributed by atoms with Crippen LogP contribution in [0, 0.1) is 12.7 Å². The molecular weight excluding hydrogens is 395 g/mol. The molecule has 2 aromatic rings. The van der Waals surface area contributed by atoms with Crippen LogP contribution in [0.4, 0.5) is 10.1 Å². The molecule has 0 spiro atoms. The molecule has 0 radical (unpaired) electrons. The summed E-state index contributed by atoms with van der Waals surface area (Å²) in [5, 5.41) is 0. The summed E-state index contributed by atoms with van der Waals surface area (Å²) in [6.45, 7) is 2.72. The van der Waals surface area contributed by atoms with Gasteiger partial charge in [-0.05, 0) is 48.9 Å². The normalized spacial score (nSPS) is 16.2. The molecule has 0 aliphatic carbocycles. The van der Waals surface area contributed by atoms with Crippen molar-refractivity contribution in [1.82, 2.24) is 4.31 Å². The highest BCUT2D eigenvalue weighted by atomic mass is 32.2. The van der Waals surface area contributed by atoms with Crippen molar-refractivity contribution in [2.75, 3.05) is 31.0 Å². The highest BCUT2D eigenvalue weighted by Gasteiger charge is 2.26. The molecule has 1 N–H and O–H groups in total. The number of halogens is 1. The molecule has 0 bridgehead atoms. The first-order valence-electron chi connectivity index (χ1n) is 8.17. The average molecular weight is 414 g/mol. The molecule has 2 aromatic carbocycles. The summed E-state index contributed by atoms with van der Waals surface area (Å²) in [7, 11) is -7.68. The largest absolute Gasteiger partial charge is 0.379 e. The third kappa shape index (κ3) is 4.29. The molecule has 1 heterocycles. The summed E-state index contributed by atoms with van der Waals surface area (Å²) in [4.78, 5) is -0.117. The van der Waals surface area contributed by atoms with Crippen molar-refractivity contribution in [1.29, 1.82) is 0 Å². The molecule has 1 saturated heterocycles. The van der Waals surface area contributed by atoms with Crippen LogP contribution in [0.5, 0.6) is 0 Å². The Balaban J connectivity index is 1.82. The summed E-state index contributed by atoms with van der Waals surface area (Å²) >= 11 is 0. The third-order valence-corrected chi connectivity index (χ3v) is 7.48. The molecule has 0 amide bonds. The Kier molecular flexibility index (Phi) is 5.52. The fraction of sp³-hybridized carbons (Fsp3) is 0.294. The number of hydrogen-bond donors (Lipinski definition) is 1. The van der Waals surface area contributed by atoms with Gasteiger partial charge in [-0.15, -0.1) is 0 Å². The number of benzene rings is 2. The summed E-state index contributed by atoms with van der Waals surface area (Å²) in [5.41, 5.74) is 0.485. The van der Waals surface area contributed by atoms with Crippen molar-refractivity contribution in [3.8, 4) is 0 Å². The molecule has 1 aliphatic heterocycles. The maximum absolute atomic E-state index is 13.6. The van der Waals surface area contributed by atoms with E-state index < -0.39 is 25.9 Å². The number of aryl methyl sites for hydroxylation is 1. The smallest absolute Gasteiger partial charge is 0.261 e. The predicted molar refractivity (Wildman–Crippen MR) is 98.0 cm³/mol. The van der Waals surface area contributed by atoms with E-state index in [-0.39, 0.29) is 28.6 Å². The van der Waals surface area contributed by atoms with Gasteiger partial charge in [0.25, 0.3) is 10.0 Å². The average Bonchev–Trinajstić information content (AvgIpc) is 2.65. The first-order chi connectivity index (χ1) is 12.7. The van der Waals surface area contributed by atoms with E-state index >= 15 is 0 Å². The van der Waals surface area contributed by atoms with Gasteiger partial charge >= 0.3 is 0 Å². The first kappa shape index (κ1) is 19.7. The van der Waals surface area contributed by atoms with E-state index in [4.69, 9.17) is 4.74 Å². The second-order valence-electron chi connectivity index (χ2n) is 6.06. The van der Waals surface area contributed by atoms with Crippen LogP contribution in [-0.4, -0.2) is 47.4 Å². The lowest BCUT2D eigenvalue weighted by Crippen LogP contribution is -2.40. The zero-order chi connectivity index (χ0) is 19.7. The van der Waals surface area contributed by atoms with Crippen molar-refractivity contribution >= 4 is 25.7 Å². The van der Waals surface area contributed by atoms with Crippen molar-refractivity contribution in [3.05, 3.63) is 53.8 Å². The van der Waals surface area contributed by atoms with Crippen LogP contribution in [-0.2, 0) is 24.8 Å². The lowest BCUT2D eigenvalue weighted by atomic mass is 10.2. The Hall–Kier alpha value is -2.01. The molecule has 0 saturated carbocycles. The number of ether oxygens (including phenoxy) is 1. The highest BCUT2D eigenvalue weighted by Crippen LogP contribution is 2.22. The maximum Gasteiger partial charge on any atom is 0.261 e. The van der Waals surface area contributed by atoms with E-state index in [9.17, 15) is 21.2 Å². The van der Waals surface area contributed by atoms with Crippen LogP contribution in [0.15, 0.2) is 52.3 Å². The van der Waals surface area contributed by atoms with Gasteiger partial charge in [0.1, 0.15) is 5.82 Å². The van der Waals surface area contributed by atoms with Gasteiger partial charge in [0, 0.05) is 13.1 Å². The van der Waals surface area contributed by atoms with Crippen molar-refractivity contribution in [2.24, 2.45) is 0 Å². The Morgan fingerprint density at radius 1 is 0.963 bits per heavy atom. The van der Waals surface area contributed by atoms with Crippen LogP contribution >= 0.6 is 0 Å². The zero-order valence-electron chi connectivity index (χ0n) is 14.6. The lowest BCUT2D eigenvalue weighted by molar-refractivity contribution is 0.0730. The Bertz CT molecular complexity index is 1030. The van der Waals surface area contributed by atoms with Gasteiger partial charge < -0.3 is 4.74 Å². The van der Waals surface area contributed by atoms with E-state index in [1.807, 2.05) is 0 Å². The SMILES string of the molecule is Cc1ccc(NS(=O)(=O)c2ccc(S(=O)(=O)N3CCOCC3)cc2)cc1F. The maximum atomic E-state index is 13.6. The van der Waals surface area contributed by atoms with Gasteiger partial charge in [-0.1, -0.05) is 6.07 Å². The van der Waals surface area contributed by atoms with Crippen LogP contribution < -0.4 is 4.72 Å². The molecule has 0 aromatic heterocycles. The first-order valence-corrected chi connectivity index (χ1v) is 11.1. The van der Waals surface area contributed by atoms with Crippen LogP contribution in [0.25, 0.3) is 0 Å². The Morgan fingerprint density at radius 2 is 1.56 bits per heavy atom.